The van der Waals surface area contributed by atoms with Gasteiger partial charge in [0.25, 0.3) is 5.91 Å². The van der Waals surface area contributed by atoms with Gasteiger partial charge in [-0.3, -0.25) is 4.79 Å². The summed E-state index contributed by atoms with van der Waals surface area (Å²) in [5.74, 6) is 1.36. The summed E-state index contributed by atoms with van der Waals surface area (Å²) in [4.78, 5) is 13.6. The zero-order chi connectivity index (χ0) is 14.5. The molecule has 0 radical (unpaired) electrons. The molecule has 0 aliphatic heterocycles. The van der Waals surface area contributed by atoms with Gasteiger partial charge in [-0.15, -0.1) is 0 Å². The number of benzene rings is 1. The van der Waals surface area contributed by atoms with Crippen LogP contribution in [0.2, 0.25) is 0 Å². The Balaban J connectivity index is 1.79. The predicted octanol–water partition coefficient (Wildman–Crippen LogP) is 2.38. The van der Waals surface area contributed by atoms with E-state index in [1.54, 1.807) is 17.0 Å². The number of amides is 1. The number of hydrogen-bond donors (Lipinski definition) is 1. The lowest BCUT2D eigenvalue weighted by Gasteiger charge is -2.17. The number of aliphatic hydroxyl groups excluding tert-OH is 1. The molecule has 1 unspecified atom stereocenters. The van der Waals surface area contributed by atoms with Crippen molar-refractivity contribution in [1.29, 1.82) is 0 Å². The van der Waals surface area contributed by atoms with E-state index >= 15 is 0 Å². The third kappa shape index (κ3) is 4.23. The molecule has 4 nitrogen and oxygen atoms in total. The normalized spacial score (nSPS) is 15.8. The van der Waals surface area contributed by atoms with Crippen molar-refractivity contribution in [2.45, 2.75) is 32.3 Å². The van der Waals surface area contributed by atoms with Gasteiger partial charge in [-0.2, -0.15) is 0 Å². The summed E-state index contributed by atoms with van der Waals surface area (Å²) in [5.41, 5.74) is 0.872. The fourth-order valence-electron chi connectivity index (χ4n) is 2.07. The van der Waals surface area contributed by atoms with Crippen molar-refractivity contribution >= 4 is 5.91 Å². The van der Waals surface area contributed by atoms with Crippen LogP contribution in [0.4, 0.5) is 0 Å². The lowest BCUT2D eigenvalue weighted by atomic mass is 10.1. The van der Waals surface area contributed by atoms with Gasteiger partial charge < -0.3 is 14.7 Å². The number of hydrogen-bond acceptors (Lipinski definition) is 3. The lowest BCUT2D eigenvalue weighted by Crippen LogP contribution is -2.32. The van der Waals surface area contributed by atoms with Crippen molar-refractivity contribution in [1.82, 2.24) is 4.90 Å². The Kier molecular flexibility index (Phi) is 5.01. The van der Waals surface area contributed by atoms with Crippen LogP contribution in [0.5, 0.6) is 5.75 Å². The van der Waals surface area contributed by atoms with E-state index in [9.17, 15) is 9.90 Å². The predicted molar refractivity (Wildman–Crippen MR) is 77.5 cm³/mol. The van der Waals surface area contributed by atoms with Crippen LogP contribution in [-0.4, -0.2) is 36.1 Å². The molecule has 0 aromatic heterocycles. The number of likely N-dealkylation sites (N-methyl/N-ethyl adjacent to an activating group) is 1. The molecule has 1 aromatic carbocycles. The first-order valence-electron chi connectivity index (χ1n) is 7.25. The van der Waals surface area contributed by atoms with Crippen LogP contribution in [-0.2, 0) is 4.79 Å². The molecule has 1 fully saturated rings. The van der Waals surface area contributed by atoms with Gasteiger partial charge in [0.1, 0.15) is 5.75 Å². The molecule has 4 heteroatoms. The second-order valence-electron chi connectivity index (χ2n) is 5.50. The van der Waals surface area contributed by atoms with Crippen LogP contribution in [0, 0.1) is 5.92 Å². The maximum absolute atomic E-state index is 11.9. The number of carbonyl (C=O) groups excluding carboxylic acids is 1. The van der Waals surface area contributed by atoms with Gasteiger partial charge in [-0.05, 0) is 42.9 Å². The molecule has 1 atom stereocenters. The van der Waals surface area contributed by atoms with Crippen LogP contribution in [0.1, 0.15) is 37.9 Å². The summed E-state index contributed by atoms with van der Waals surface area (Å²) in [5, 5.41) is 9.70. The summed E-state index contributed by atoms with van der Waals surface area (Å²) in [6, 6.07) is 7.26. The van der Waals surface area contributed by atoms with Gasteiger partial charge in [0, 0.05) is 13.6 Å². The summed E-state index contributed by atoms with van der Waals surface area (Å²) >= 11 is 0. The Labute approximate surface area is 120 Å². The summed E-state index contributed by atoms with van der Waals surface area (Å²) in [6.45, 7) is 2.84. The number of aliphatic hydroxyl groups is 1. The zero-order valence-corrected chi connectivity index (χ0v) is 12.2. The van der Waals surface area contributed by atoms with Crippen LogP contribution in [0.15, 0.2) is 24.3 Å². The third-order valence-corrected chi connectivity index (χ3v) is 3.67. The second kappa shape index (κ2) is 6.75. The first kappa shape index (κ1) is 14.9. The van der Waals surface area contributed by atoms with Crippen LogP contribution in [0.3, 0.4) is 0 Å². The van der Waals surface area contributed by atoms with Gasteiger partial charge in [-0.1, -0.05) is 19.1 Å². The third-order valence-electron chi connectivity index (χ3n) is 3.67. The molecule has 1 N–H and O–H groups in total. The maximum Gasteiger partial charge on any atom is 0.260 e. The Morgan fingerprint density at radius 3 is 2.60 bits per heavy atom. The molecule has 1 aliphatic carbocycles. The van der Waals surface area contributed by atoms with Crippen molar-refractivity contribution in [3.63, 3.8) is 0 Å². The number of rotatable bonds is 7. The van der Waals surface area contributed by atoms with Crippen molar-refractivity contribution in [2.24, 2.45) is 5.92 Å². The maximum atomic E-state index is 11.9. The topological polar surface area (TPSA) is 49.8 Å². The van der Waals surface area contributed by atoms with Gasteiger partial charge in [0.2, 0.25) is 0 Å². The minimum absolute atomic E-state index is 0.00886. The van der Waals surface area contributed by atoms with Gasteiger partial charge in [-0.25, -0.2) is 0 Å². The van der Waals surface area contributed by atoms with Crippen LogP contribution in [0.25, 0.3) is 0 Å². The molecule has 1 amide bonds. The number of nitrogens with zero attached hydrogens (tertiary/aromatic N) is 1. The minimum atomic E-state index is -0.435. The molecule has 1 saturated carbocycles. The van der Waals surface area contributed by atoms with Crippen molar-refractivity contribution in [3.05, 3.63) is 29.8 Å². The van der Waals surface area contributed by atoms with E-state index < -0.39 is 6.10 Å². The van der Waals surface area contributed by atoms with Crippen molar-refractivity contribution < 1.29 is 14.6 Å². The SMILES string of the molecule is CCC(O)c1ccc(OCC(=O)N(C)CC2CC2)cc1. The minimum Gasteiger partial charge on any atom is -0.484 e. The summed E-state index contributed by atoms with van der Waals surface area (Å²) in [7, 11) is 1.82. The fraction of sp³-hybridized carbons (Fsp3) is 0.562. The highest BCUT2D eigenvalue weighted by Gasteiger charge is 2.24. The molecule has 0 bridgehead atoms. The fourth-order valence-corrected chi connectivity index (χ4v) is 2.07. The Hall–Kier alpha value is -1.55. The molecule has 0 spiro atoms. The Morgan fingerprint density at radius 2 is 2.05 bits per heavy atom. The van der Waals surface area contributed by atoms with Gasteiger partial charge >= 0.3 is 0 Å². The van der Waals surface area contributed by atoms with E-state index in [4.69, 9.17) is 4.74 Å². The molecule has 0 heterocycles. The van der Waals surface area contributed by atoms with Gasteiger partial charge in [0.05, 0.1) is 6.10 Å². The highest BCUT2D eigenvalue weighted by Crippen LogP contribution is 2.29. The Bertz CT molecular complexity index is 440. The molecule has 2 rings (SSSR count). The lowest BCUT2D eigenvalue weighted by molar-refractivity contribution is -0.132. The number of ether oxygens (including phenoxy) is 1. The van der Waals surface area contributed by atoms with E-state index in [0.717, 1.165) is 12.1 Å². The molecule has 1 aromatic rings. The van der Waals surface area contributed by atoms with Gasteiger partial charge in [0.15, 0.2) is 6.61 Å². The second-order valence-corrected chi connectivity index (χ2v) is 5.50. The zero-order valence-electron chi connectivity index (χ0n) is 12.2. The van der Waals surface area contributed by atoms with Crippen LogP contribution >= 0.6 is 0 Å². The molecule has 20 heavy (non-hydrogen) atoms. The van der Waals surface area contributed by atoms with Crippen molar-refractivity contribution in [3.8, 4) is 5.75 Å². The number of carbonyl (C=O) groups is 1. The highest BCUT2D eigenvalue weighted by molar-refractivity contribution is 5.77. The molecule has 110 valence electrons. The first-order valence-corrected chi connectivity index (χ1v) is 7.25. The van der Waals surface area contributed by atoms with Crippen molar-refractivity contribution in [2.75, 3.05) is 20.2 Å². The van der Waals surface area contributed by atoms with E-state index in [1.165, 1.54) is 12.8 Å². The van der Waals surface area contributed by atoms with E-state index in [2.05, 4.69) is 0 Å². The quantitative estimate of drug-likeness (QED) is 0.832. The smallest absolute Gasteiger partial charge is 0.260 e. The summed E-state index contributed by atoms with van der Waals surface area (Å²) in [6.07, 6.45) is 2.72. The molecule has 1 aliphatic rings. The largest absolute Gasteiger partial charge is 0.484 e. The summed E-state index contributed by atoms with van der Waals surface area (Å²) < 4.78 is 5.49. The average Bonchev–Trinajstić information content (AvgIpc) is 3.28. The first-order chi connectivity index (χ1) is 9.60. The molecular weight excluding hydrogens is 254 g/mol. The molecule has 0 saturated heterocycles. The monoisotopic (exact) mass is 277 g/mol. The van der Waals surface area contributed by atoms with Crippen LogP contribution < -0.4 is 4.74 Å². The Morgan fingerprint density at radius 1 is 1.40 bits per heavy atom. The van der Waals surface area contributed by atoms with E-state index in [-0.39, 0.29) is 12.5 Å². The molecular formula is C16H23NO3. The van der Waals surface area contributed by atoms with E-state index in [1.807, 2.05) is 26.1 Å². The average molecular weight is 277 g/mol. The standard InChI is InChI=1S/C16H23NO3/c1-3-15(18)13-6-8-14(9-7-13)20-11-16(19)17(2)10-12-4-5-12/h6-9,12,15,18H,3-5,10-11H2,1-2H3. The van der Waals surface area contributed by atoms with E-state index in [0.29, 0.717) is 18.1 Å². The highest BCUT2D eigenvalue weighted by atomic mass is 16.5.